The summed E-state index contributed by atoms with van der Waals surface area (Å²) in [5, 5.41) is 8.01. The maximum atomic E-state index is 12.5. The zero-order valence-electron chi connectivity index (χ0n) is 15.4. The van der Waals surface area contributed by atoms with Gasteiger partial charge in [0.2, 0.25) is 0 Å². The van der Waals surface area contributed by atoms with Crippen LogP contribution < -0.4 is 10.6 Å². The molecular weight excluding hydrogens is 363 g/mol. The number of aliphatic imine (C=N–C) groups is 1. The third kappa shape index (κ3) is 6.75. The Morgan fingerprint density at radius 2 is 2.08 bits per heavy atom. The molecule has 148 valence electrons. The van der Waals surface area contributed by atoms with Crippen molar-refractivity contribution in [1.29, 1.82) is 0 Å². The standard InChI is InChI=1S/C17H28F3N5S/c1-3-8-25-9-5-13(6-10-25)11-23-16(21-2)22-7-4-15-24-14(12-26-15)17(18,19)20/h12-13H,3-11H2,1-2H3,(H2,21,22,23). The number of likely N-dealkylation sites (tertiary alicyclic amines) is 1. The Kier molecular flexibility index (Phi) is 8.15. The molecule has 0 saturated carbocycles. The van der Waals surface area contributed by atoms with Gasteiger partial charge in [-0.25, -0.2) is 4.98 Å². The summed E-state index contributed by atoms with van der Waals surface area (Å²) in [7, 11) is 1.70. The van der Waals surface area contributed by atoms with Crippen molar-refractivity contribution in [3.63, 3.8) is 0 Å². The Balaban J connectivity index is 1.66. The zero-order valence-corrected chi connectivity index (χ0v) is 16.2. The van der Waals surface area contributed by atoms with E-state index >= 15 is 0 Å². The minimum absolute atomic E-state index is 0.441. The van der Waals surface area contributed by atoms with Gasteiger partial charge in [-0.05, 0) is 44.8 Å². The van der Waals surface area contributed by atoms with Gasteiger partial charge in [0, 0.05) is 31.9 Å². The van der Waals surface area contributed by atoms with Crippen molar-refractivity contribution in [2.75, 3.05) is 39.8 Å². The lowest BCUT2D eigenvalue weighted by molar-refractivity contribution is -0.140. The van der Waals surface area contributed by atoms with Crippen LogP contribution in [0.4, 0.5) is 13.2 Å². The molecule has 0 aliphatic carbocycles. The Bertz CT molecular complexity index is 565. The molecule has 0 atom stereocenters. The Hall–Kier alpha value is -1.35. The van der Waals surface area contributed by atoms with Crippen LogP contribution >= 0.6 is 11.3 Å². The number of nitrogens with zero attached hydrogens (tertiary/aromatic N) is 3. The molecule has 1 aliphatic heterocycles. The molecule has 2 N–H and O–H groups in total. The van der Waals surface area contributed by atoms with E-state index < -0.39 is 11.9 Å². The summed E-state index contributed by atoms with van der Waals surface area (Å²) in [6.07, 6.45) is -0.362. The first-order valence-electron chi connectivity index (χ1n) is 9.10. The van der Waals surface area contributed by atoms with Crippen LogP contribution in [0.3, 0.4) is 0 Å². The van der Waals surface area contributed by atoms with Crippen molar-refractivity contribution >= 4 is 17.3 Å². The van der Waals surface area contributed by atoms with Gasteiger partial charge in [0.1, 0.15) is 0 Å². The fourth-order valence-corrected chi connectivity index (χ4v) is 3.84. The first kappa shape index (κ1) is 21.0. The minimum atomic E-state index is -4.37. The van der Waals surface area contributed by atoms with E-state index in [0.29, 0.717) is 29.9 Å². The van der Waals surface area contributed by atoms with Gasteiger partial charge in [0.05, 0.1) is 5.01 Å². The minimum Gasteiger partial charge on any atom is -0.356 e. The number of thiazole rings is 1. The van der Waals surface area contributed by atoms with Gasteiger partial charge in [0.15, 0.2) is 11.7 Å². The fourth-order valence-electron chi connectivity index (χ4n) is 3.04. The van der Waals surface area contributed by atoms with Crippen molar-refractivity contribution in [2.45, 2.75) is 38.8 Å². The number of alkyl halides is 3. The van der Waals surface area contributed by atoms with Gasteiger partial charge >= 0.3 is 6.18 Å². The lowest BCUT2D eigenvalue weighted by Gasteiger charge is -2.32. The highest BCUT2D eigenvalue weighted by atomic mass is 32.1. The number of rotatable bonds is 7. The number of aromatic nitrogens is 1. The van der Waals surface area contributed by atoms with Crippen molar-refractivity contribution in [2.24, 2.45) is 10.9 Å². The van der Waals surface area contributed by atoms with Gasteiger partial charge in [-0.15, -0.1) is 11.3 Å². The molecule has 0 aromatic carbocycles. The van der Waals surface area contributed by atoms with Gasteiger partial charge in [-0.2, -0.15) is 13.2 Å². The summed E-state index contributed by atoms with van der Waals surface area (Å²) in [4.78, 5) is 10.3. The van der Waals surface area contributed by atoms with E-state index in [1.807, 2.05) is 0 Å². The topological polar surface area (TPSA) is 52.5 Å². The number of hydrogen-bond acceptors (Lipinski definition) is 4. The van der Waals surface area contributed by atoms with Crippen LogP contribution in [0, 0.1) is 5.92 Å². The number of halogens is 3. The third-order valence-corrected chi connectivity index (χ3v) is 5.41. The van der Waals surface area contributed by atoms with E-state index in [1.54, 1.807) is 7.05 Å². The molecule has 0 amide bonds. The molecule has 9 heteroatoms. The molecule has 1 aliphatic rings. The summed E-state index contributed by atoms with van der Waals surface area (Å²) in [6.45, 7) is 7.05. The quantitative estimate of drug-likeness (QED) is 0.554. The maximum Gasteiger partial charge on any atom is 0.434 e. The van der Waals surface area contributed by atoms with Crippen LogP contribution in [0.5, 0.6) is 0 Å². The monoisotopic (exact) mass is 391 g/mol. The average molecular weight is 392 g/mol. The molecule has 1 aromatic rings. The molecule has 1 aromatic heterocycles. The van der Waals surface area contributed by atoms with Crippen molar-refractivity contribution in [3.05, 3.63) is 16.1 Å². The van der Waals surface area contributed by atoms with E-state index in [4.69, 9.17) is 0 Å². The molecule has 5 nitrogen and oxygen atoms in total. The maximum absolute atomic E-state index is 12.5. The molecule has 1 fully saturated rings. The summed E-state index contributed by atoms with van der Waals surface area (Å²) >= 11 is 1.04. The molecule has 2 heterocycles. The van der Waals surface area contributed by atoms with E-state index in [9.17, 15) is 13.2 Å². The lowest BCUT2D eigenvalue weighted by atomic mass is 9.97. The van der Waals surface area contributed by atoms with Crippen LogP contribution in [0.2, 0.25) is 0 Å². The third-order valence-electron chi connectivity index (χ3n) is 4.50. The molecule has 0 radical (unpaired) electrons. The second kappa shape index (κ2) is 10.1. The van der Waals surface area contributed by atoms with Crippen molar-refractivity contribution < 1.29 is 13.2 Å². The largest absolute Gasteiger partial charge is 0.434 e. The first-order chi connectivity index (χ1) is 12.4. The van der Waals surface area contributed by atoms with E-state index in [0.717, 1.165) is 36.4 Å². The van der Waals surface area contributed by atoms with E-state index in [1.165, 1.54) is 25.8 Å². The summed E-state index contributed by atoms with van der Waals surface area (Å²) in [5.74, 6) is 1.32. The highest BCUT2D eigenvalue weighted by Gasteiger charge is 2.33. The average Bonchev–Trinajstić information content (AvgIpc) is 3.09. The molecular formula is C17H28F3N5S. The normalized spacial score (nSPS) is 17.5. The van der Waals surface area contributed by atoms with Crippen molar-refractivity contribution in [3.8, 4) is 0 Å². The predicted octanol–water partition coefficient (Wildman–Crippen LogP) is 2.99. The van der Waals surface area contributed by atoms with Gasteiger partial charge < -0.3 is 15.5 Å². The van der Waals surface area contributed by atoms with Crippen LogP contribution in [0.15, 0.2) is 10.4 Å². The lowest BCUT2D eigenvalue weighted by Crippen LogP contribution is -2.43. The van der Waals surface area contributed by atoms with Gasteiger partial charge in [-0.3, -0.25) is 4.99 Å². The summed E-state index contributed by atoms with van der Waals surface area (Å²) < 4.78 is 37.6. The van der Waals surface area contributed by atoms with E-state index in [-0.39, 0.29) is 0 Å². The van der Waals surface area contributed by atoms with Crippen LogP contribution in [-0.4, -0.2) is 55.6 Å². The highest BCUT2D eigenvalue weighted by molar-refractivity contribution is 7.09. The highest BCUT2D eigenvalue weighted by Crippen LogP contribution is 2.30. The number of piperidine rings is 1. The Labute approximate surface area is 157 Å². The van der Waals surface area contributed by atoms with E-state index in [2.05, 4.69) is 32.4 Å². The SMILES string of the molecule is CCCN1CCC(CNC(=NC)NCCc2nc(C(F)(F)F)cs2)CC1. The number of guanidine groups is 1. The molecule has 0 bridgehead atoms. The fraction of sp³-hybridized carbons (Fsp3) is 0.765. The smallest absolute Gasteiger partial charge is 0.356 e. The second-order valence-electron chi connectivity index (χ2n) is 6.54. The molecule has 26 heavy (non-hydrogen) atoms. The molecule has 1 saturated heterocycles. The first-order valence-corrected chi connectivity index (χ1v) is 9.98. The number of hydrogen-bond donors (Lipinski definition) is 2. The summed E-state index contributed by atoms with van der Waals surface area (Å²) in [5.41, 5.74) is -0.811. The van der Waals surface area contributed by atoms with Gasteiger partial charge in [-0.1, -0.05) is 6.92 Å². The number of nitrogens with one attached hydrogen (secondary N) is 2. The van der Waals surface area contributed by atoms with Crippen molar-refractivity contribution in [1.82, 2.24) is 20.5 Å². The molecule has 2 rings (SSSR count). The van der Waals surface area contributed by atoms with Gasteiger partial charge in [0.25, 0.3) is 0 Å². The van der Waals surface area contributed by atoms with Crippen LogP contribution in [0.1, 0.15) is 36.9 Å². The second-order valence-corrected chi connectivity index (χ2v) is 7.48. The van der Waals surface area contributed by atoms with Crippen LogP contribution in [0.25, 0.3) is 0 Å². The molecule has 0 unspecified atom stereocenters. The van der Waals surface area contributed by atoms with Crippen LogP contribution in [-0.2, 0) is 12.6 Å². The predicted molar refractivity (Wildman–Crippen MR) is 99.6 cm³/mol. The Morgan fingerprint density at radius 1 is 1.35 bits per heavy atom. The molecule has 0 spiro atoms. The zero-order chi connectivity index (χ0) is 19.0. The summed E-state index contributed by atoms with van der Waals surface area (Å²) in [6, 6.07) is 0. The Morgan fingerprint density at radius 3 is 2.65 bits per heavy atom.